The predicted molar refractivity (Wildman–Crippen MR) is 103 cm³/mol. The molecule has 0 saturated heterocycles. The van der Waals surface area contributed by atoms with Gasteiger partial charge in [0, 0.05) is 11.3 Å². The van der Waals surface area contributed by atoms with Crippen LogP contribution in [0.15, 0.2) is 57.9 Å². The van der Waals surface area contributed by atoms with E-state index in [0.717, 1.165) is 5.56 Å². The molecule has 3 aromatic rings. The maximum atomic E-state index is 12.6. The Labute approximate surface area is 163 Å². The predicted octanol–water partition coefficient (Wildman–Crippen LogP) is 2.98. The zero-order valence-electron chi connectivity index (χ0n) is 15.6. The third-order valence-corrected chi connectivity index (χ3v) is 5.35. The van der Waals surface area contributed by atoms with Crippen LogP contribution in [0.5, 0.6) is 0 Å². The number of anilines is 1. The van der Waals surface area contributed by atoms with E-state index in [1.807, 2.05) is 19.1 Å². The highest BCUT2D eigenvalue weighted by molar-refractivity contribution is 7.92. The molecule has 0 aliphatic heterocycles. The highest BCUT2D eigenvalue weighted by atomic mass is 32.2. The van der Waals surface area contributed by atoms with Crippen molar-refractivity contribution in [2.24, 2.45) is 0 Å². The summed E-state index contributed by atoms with van der Waals surface area (Å²) in [5.41, 5.74) is 1.67. The molecule has 3 rings (SSSR count). The fourth-order valence-corrected chi connectivity index (χ4v) is 3.57. The molecule has 1 aromatic heterocycles. The van der Waals surface area contributed by atoms with Crippen LogP contribution in [0, 0.1) is 13.8 Å². The number of hydrogen-bond donors (Lipinski definition) is 2. The van der Waals surface area contributed by atoms with Gasteiger partial charge >= 0.3 is 0 Å². The standard InChI is InChI=1S/C19H20N4O4S/c1-12-7-9-16(10-8-12)23-28(25,26)17-6-4-5-15(11-17)18(24)20-13(2)19-21-14(3)22-27-19/h4-11,13,23H,1-3H3,(H,20,24). The second kappa shape index (κ2) is 7.81. The van der Waals surface area contributed by atoms with Gasteiger partial charge in [-0.2, -0.15) is 4.98 Å². The van der Waals surface area contributed by atoms with E-state index in [2.05, 4.69) is 20.2 Å². The molecule has 9 heteroatoms. The van der Waals surface area contributed by atoms with Crippen LogP contribution in [0.1, 0.15) is 40.6 Å². The molecule has 146 valence electrons. The number of aryl methyl sites for hydroxylation is 2. The van der Waals surface area contributed by atoms with Crippen molar-refractivity contribution in [1.82, 2.24) is 15.5 Å². The van der Waals surface area contributed by atoms with Gasteiger partial charge in [-0.25, -0.2) is 8.42 Å². The number of amides is 1. The maximum Gasteiger partial charge on any atom is 0.261 e. The summed E-state index contributed by atoms with van der Waals surface area (Å²) in [4.78, 5) is 16.6. The Bertz CT molecular complexity index is 1090. The summed E-state index contributed by atoms with van der Waals surface area (Å²) in [6.45, 7) is 5.29. The highest BCUT2D eigenvalue weighted by Crippen LogP contribution is 2.18. The van der Waals surface area contributed by atoms with Crippen molar-refractivity contribution in [2.75, 3.05) is 4.72 Å². The van der Waals surface area contributed by atoms with Gasteiger partial charge in [0.15, 0.2) is 5.82 Å². The Balaban J connectivity index is 1.77. The summed E-state index contributed by atoms with van der Waals surface area (Å²) in [6.07, 6.45) is 0. The van der Waals surface area contributed by atoms with Gasteiger partial charge in [0.25, 0.3) is 15.9 Å². The maximum absolute atomic E-state index is 12.6. The van der Waals surface area contributed by atoms with Gasteiger partial charge in [-0.15, -0.1) is 0 Å². The molecule has 0 aliphatic carbocycles. The first-order valence-corrected chi connectivity index (χ1v) is 10.0. The molecule has 0 spiro atoms. The molecule has 8 nitrogen and oxygen atoms in total. The lowest BCUT2D eigenvalue weighted by Crippen LogP contribution is -2.27. The number of carbonyl (C=O) groups excluding carboxylic acids is 1. The molecule has 1 heterocycles. The van der Waals surface area contributed by atoms with E-state index >= 15 is 0 Å². The lowest BCUT2D eigenvalue weighted by atomic mass is 10.2. The molecular formula is C19H20N4O4S. The molecule has 1 unspecified atom stereocenters. The second-order valence-electron chi connectivity index (χ2n) is 6.37. The van der Waals surface area contributed by atoms with Crippen molar-refractivity contribution in [1.29, 1.82) is 0 Å². The second-order valence-corrected chi connectivity index (χ2v) is 8.06. The number of sulfonamides is 1. The summed E-state index contributed by atoms with van der Waals surface area (Å²) >= 11 is 0. The molecular weight excluding hydrogens is 380 g/mol. The normalized spacial score (nSPS) is 12.4. The van der Waals surface area contributed by atoms with E-state index in [1.165, 1.54) is 24.3 Å². The van der Waals surface area contributed by atoms with E-state index in [9.17, 15) is 13.2 Å². The van der Waals surface area contributed by atoms with Crippen LogP contribution in [-0.2, 0) is 10.0 Å². The topological polar surface area (TPSA) is 114 Å². The number of benzene rings is 2. The molecule has 0 aliphatic rings. The van der Waals surface area contributed by atoms with Crippen LogP contribution in [0.4, 0.5) is 5.69 Å². The Morgan fingerprint density at radius 1 is 1.11 bits per heavy atom. The summed E-state index contributed by atoms with van der Waals surface area (Å²) in [7, 11) is -3.83. The van der Waals surface area contributed by atoms with Gasteiger partial charge in [0.2, 0.25) is 5.89 Å². The molecule has 28 heavy (non-hydrogen) atoms. The Morgan fingerprint density at radius 2 is 1.82 bits per heavy atom. The Hall–Kier alpha value is -3.20. The number of carbonyl (C=O) groups is 1. The molecule has 0 saturated carbocycles. The van der Waals surface area contributed by atoms with Gasteiger partial charge in [-0.05, 0) is 51.1 Å². The minimum Gasteiger partial charge on any atom is -0.341 e. The van der Waals surface area contributed by atoms with Crippen molar-refractivity contribution in [2.45, 2.75) is 31.7 Å². The van der Waals surface area contributed by atoms with Crippen LogP contribution >= 0.6 is 0 Å². The first-order valence-electron chi connectivity index (χ1n) is 8.55. The van der Waals surface area contributed by atoms with Crippen LogP contribution in [0.2, 0.25) is 0 Å². The van der Waals surface area contributed by atoms with Crippen LogP contribution < -0.4 is 10.0 Å². The molecule has 2 N–H and O–H groups in total. The van der Waals surface area contributed by atoms with E-state index < -0.39 is 22.0 Å². The average molecular weight is 400 g/mol. The number of nitrogens with zero attached hydrogens (tertiary/aromatic N) is 2. The van der Waals surface area contributed by atoms with Crippen molar-refractivity contribution in [3.8, 4) is 0 Å². The van der Waals surface area contributed by atoms with Crippen LogP contribution in [0.25, 0.3) is 0 Å². The van der Waals surface area contributed by atoms with Crippen molar-refractivity contribution < 1.29 is 17.7 Å². The van der Waals surface area contributed by atoms with Gasteiger partial charge in [-0.1, -0.05) is 28.9 Å². The van der Waals surface area contributed by atoms with E-state index in [-0.39, 0.29) is 16.3 Å². The number of rotatable bonds is 6. The molecule has 0 radical (unpaired) electrons. The van der Waals surface area contributed by atoms with Crippen molar-refractivity contribution >= 4 is 21.6 Å². The fraction of sp³-hybridized carbons (Fsp3) is 0.211. The third kappa shape index (κ3) is 4.55. The van der Waals surface area contributed by atoms with E-state index in [0.29, 0.717) is 11.5 Å². The number of hydrogen-bond acceptors (Lipinski definition) is 6. The monoisotopic (exact) mass is 400 g/mol. The Morgan fingerprint density at radius 3 is 2.46 bits per heavy atom. The molecule has 2 aromatic carbocycles. The third-order valence-electron chi connectivity index (χ3n) is 3.97. The lowest BCUT2D eigenvalue weighted by Gasteiger charge is -2.12. The van der Waals surface area contributed by atoms with Gasteiger partial charge in [0.1, 0.15) is 6.04 Å². The van der Waals surface area contributed by atoms with E-state index in [4.69, 9.17) is 4.52 Å². The summed E-state index contributed by atoms with van der Waals surface area (Å²) in [5.74, 6) is 0.290. The first kappa shape index (κ1) is 19.6. The van der Waals surface area contributed by atoms with Crippen LogP contribution in [0.3, 0.4) is 0 Å². The van der Waals surface area contributed by atoms with Crippen molar-refractivity contribution in [3.63, 3.8) is 0 Å². The van der Waals surface area contributed by atoms with Gasteiger partial charge in [0.05, 0.1) is 4.90 Å². The fourth-order valence-electron chi connectivity index (χ4n) is 2.47. The van der Waals surface area contributed by atoms with Crippen molar-refractivity contribution in [3.05, 3.63) is 71.4 Å². The molecule has 0 bridgehead atoms. The summed E-state index contributed by atoms with van der Waals surface area (Å²) in [5, 5.41) is 6.39. The SMILES string of the molecule is Cc1ccc(NS(=O)(=O)c2cccc(C(=O)NC(C)c3nc(C)no3)c2)cc1. The van der Waals surface area contributed by atoms with E-state index in [1.54, 1.807) is 26.0 Å². The Kier molecular flexibility index (Phi) is 5.46. The zero-order chi connectivity index (χ0) is 20.3. The van der Waals surface area contributed by atoms with Gasteiger partial charge < -0.3 is 9.84 Å². The zero-order valence-corrected chi connectivity index (χ0v) is 16.4. The largest absolute Gasteiger partial charge is 0.341 e. The smallest absolute Gasteiger partial charge is 0.261 e. The summed E-state index contributed by atoms with van der Waals surface area (Å²) < 4.78 is 32.8. The molecule has 1 amide bonds. The average Bonchev–Trinajstić information content (AvgIpc) is 3.10. The number of nitrogens with one attached hydrogen (secondary N) is 2. The highest BCUT2D eigenvalue weighted by Gasteiger charge is 2.19. The minimum absolute atomic E-state index is 0.0120. The number of aromatic nitrogens is 2. The molecule has 1 atom stereocenters. The minimum atomic E-state index is -3.83. The lowest BCUT2D eigenvalue weighted by molar-refractivity contribution is 0.0932. The first-order chi connectivity index (χ1) is 13.2. The van der Waals surface area contributed by atoms with Gasteiger partial charge in [-0.3, -0.25) is 9.52 Å². The quantitative estimate of drug-likeness (QED) is 0.657. The van der Waals surface area contributed by atoms with Crippen LogP contribution in [-0.4, -0.2) is 24.5 Å². The summed E-state index contributed by atoms with van der Waals surface area (Å²) in [6, 6.07) is 12.3. The molecule has 0 fully saturated rings.